The summed E-state index contributed by atoms with van der Waals surface area (Å²) in [5, 5.41) is 0. The highest BCUT2D eigenvalue weighted by atomic mass is 19.1. The zero-order valence-electron chi connectivity index (χ0n) is 11.8. The molecule has 0 N–H and O–H groups in total. The Kier molecular flexibility index (Phi) is 3.90. The SMILES string of the molecule is CC(C)(C)N1CCN(C(=O)c2ccccc2F)CC1. The molecule has 19 heavy (non-hydrogen) atoms. The van der Waals surface area contributed by atoms with Crippen LogP contribution in [0.1, 0.15) is 31.1 Å². The van der Waals surface area contributed by atoms with Gasteiger partial charge in [0.15, 0.2) is 0 Å². The molecule has 0 aromatic heterocycles. The number of rotatable bonds is 1. The summed E-state index contributed by atoms with van der Waals surface area (Å²) in [6, 6.07) is 6.18. The van der Waals surface area contributed by atoms with Gasteiger partial charge in [0, 0.05) is 31.7 Å². The van der Waals surface area contributed by atoms with Crippen LogP contribution in [0.15, 0.2) is 24.3 Å². The lowest BCUT2D eigenvalue weighted by Crippen LogP contribution is -2.54. The Morgan fingerprint density at radius 2 is 1.68 bits per heavy atom. The van der Waals surface area contributed by atoms with Gasteiger partial charge < -0.3 is 4.90 Å². The number of benzene rings is 1. The van der Waals surface area contributed by atoms with Gasteiger partial charge in [-0.05, 0) is 32.9 Å². The van der Waals surface area contributed by atoms with Gasteiger partial charge in [0.05, 0.1) is 5.56 Å². The summed E-state index contributed by atoms with van der Waals surface area (Å²) in [5.74, 6) is -0.641. The van der Waals surface area contributed by atoms with Gasteiger partial charge in [0.1, 0.15) is 5.82 Å². The molecular formula is C15H21FN2O. The first-order valence-corrected chi connectivity index (χ1v) is 6.68. The van der Waals surface area contributed by atoms with E-state index in [2.05, 4.69) is 25.7 Å². The van der Waals surface area contributed by atoms with Gasteiger partial charge >= 0.3 is 0 Å². The van der Waals surface area contributed by atoms with Gasteiger partial charge in [-0.1, -0.05) is 12.1 Å². The van der Waals surface area contributed by atoms with Gasteiger partial charge in [-0.3, -0.25) is 9.69 Å². The summed E-state index contributed by atoms with van der Waals surface area (Å²) in [5.41, 5.74) is 0.291. The Morgan fingerprint density at radius 1 is 1.11 bits per heavy atom. The maximum atomic E-state index is 13.6. The predicted molar refractivity (Wildman–Crippen MR) is 73.6 cm³/mol. The molecule has 1 aromatic carbocycles. The van der Waals surface area contributed by atoms with Crippen LogP contribution < -0.4 is 0 Å². The number of carbonyl (C=O) groups is 1. The van der Waals surface area contributed by atoms with Crippen LogP contribution in [0.4, 0.5) is 4.39 Å². The monoisotopic (exact) mass is 264 g/mol. The zero-order valence-corrected chi connectivity index (χ0v) is 11.8. The van der Waals surface area contributed by atoms with E-state index in [0.29, 0.717) is 13.1 Å². The first-order valence-electron chi connectivity index (χ1n) is 6.68. The van der Waals surface area contributed by atoms with E-state index in [0.717, 1.165) is 13.1 Å². The molecule has 1 amide bonds. The molecule has 0 saturated carbocycles. The van der Waals surface area contributed by atoms with E-state index in [-0.39, 0.29) is 17.0 Å². The molecule has 1 fully saturated rings. The number of nitrogens with zero attached hydrogens (tertiary/aromatic N) is 2. The van der Waals surface area contributed by atoms with E-state index < -0.39 is 5.82 Å². The van der Waals surface area contributed by atoms with Gasteiger partial charge in [-0.15, -0.1) is 0 Å². The molecule has 2 rings (SSSR count). The number of hydrogen-bond donors (Lipinski definition) is 0. The van der Waals surface area contributed by atoms with Crippen molar-refractivity contribution >= 4 is 5.91 Å². The van der Waals surface area contributed by atoms with Crippen LogP contribution in [0.3, 0.4) is 0 Å². The number of piperazine rings is 1. The van der Waals surface area contributed by atoms with E-state index in [1.165, 1.54) is 6.07 Å². The molecule has 3 nitrogen and oxygen atoms in total. The van der Waals surface area contributed by atoms with Crippen molar-refractivity contribution in [2.45, 2.75) is 26.3 Å². The second kappa shape index (κ2) is 5.29. The van der Waals surface area contributed by atoms with Gasteiger partial charge in [0.2, 0.25) is 0 Å². The fourth-order valence-electron chi connectivity index (χ4n) is 2.39. The van der Waals surface area contributed by atoms with Crippen molar-refractivity contribution in [2.24, 2.45) is 0 Å². The molecule has 0 aliphatic carbocycles. The Labute approximate surface area is 114 Å². The van der Waals surface area contributed by atoms with Crippen molar-refractivity contribution in [1.82, 2.24) is 9.80 Å². The van der Waals surface area contributed by atoms with Crippen molar-refractivity contribution in [3.63, 3.8) is 0 Å². The standard InChI is InChI=1S/C15H21FN2O/c1-15(2,3)18-10-8-17(9-11-18)14(19)12-6-4-5-7-13(12)16/h4-7H,8-11H2,1-3H3. The third-order valence-corrected chi connectivity index (χ3v) is 3.62. The van der Waals surface area contributed by atoms with E-state index in [4.69, 9.17) is 0 Å². The Morgan fingerprint density at radius 3 is 2.21 bits per heavy atom. The number of carbonyl (C=O) groups excluding carboxylic acids is 1. The quantitative estimate of drug-likeness (QED) is 0.777. The molecule has 1 aromatic rings. The molecule has 4 heteroatoms. The molecule has 0 spiro atoms. The molecular weight excluding hydrogens is 243 g/mol. The Bertz CT molecular complexity index is 459. The Balaban J connectivity index is 2.03. The molecule has 0 radical (unpaired) electrons. The summed E-state index contributed by atoms with van der Waals surface area (Å²) >= 11 is 0. The van der Waals surface area contributed by atoms with Gasteiger partial charge in [0.25, 0.3) is 5.91 Å². The third-order valence-electron chi connectivity index (χ3n) is 3.62. The summed E-state index contributed by atoms with van der Waals surface area (Å²) in [7, 11) is 0. The lowest BCUT2D eigenvalue weighted by atomic mass is 10.0. The van der Waals surface area contributed by atoms with Crippen LogP contribution in [0.2, 0.25) is 0 Å². The molecule has 104 valence electrons. The molecule has 0 bridgehead atoms. The third kappa shape index (κ3) is 3.13. The van der Waals surface area contributed by atoms with E-state index in [1.54, 1.807) is 23.1 Å². The van der Waals surface area contributed by atoms with Crippen LogP contribution in [-0.4, -0.2) is 47.4 Å². The topological polar surface area (TPSA) is 23.6 Å². The maximum absolute atomic E-state index is 13.6. The lowest BCUT2D eigenvalue weighted by Gasteiger charge is -2.42. The molecule has 0 atom stereocenters. The summed E-state index contributed by atoms with van der Waals surface area (Å²) in [6.45, 7) is 9.49. The van der Waals surface area contributed by atoms with E-state index >= 15 is 0 Å². The highest BCUT2D eigenvalue weighted by Gasteiger charge is 2.28. The lowest BCUT2D eigenvalue weighted by molar-refractivity contribution is 0.0447. The zero-order chi connectivity index (χ0) is 14.0. The van der Waals surface area contributed by atoms with Crippen LogP contribution in [0, 0.1) is 5.82 Å². The van der Waals surface area contributed by atoms with Crippen LogP contribution in [-0.2, 0) is 0 Å². The highest BCUT2D eigenvalue weighted by Crippen LogP contribution is 2.17. The van der Waals surface area contributed by atoms with Crippen LogP contribution in [0.25, 0.3) is 0 Å². The summed E-state index contributed by atoms with van der Waals surface area (Å²) in [4.78, 5) is 16.3. The van der Waals surface area contributed by atoms with Gasteiger partial charge in [-0.25, -0.2) is 4.39 Å². The van der Waals surface area contributed by atoms with Gasteiger partial charge in [-0.2, -0.15) is 0 Å². The number of hydrogen-bond acceptors (Lipinski definition) is 2. The maximum Gasteiger partial charge on any atom is 0.256 e. The number of amides is 1. The minimum Gasteiger partial charge on any atom is -0.336 e. The van der Waals surface area contributed by atoms with Crippen LogP contribution >= 0.6 is 0 Å². The van der Waals surface area contributed by atoms with Crippen molar-refractivity contribution in [3.05, 3.63) is 35.6 Å². The summed E-state index contributed by atoms with van der Waals surface area (Å²) < 4.78 is 13.6. The predicted octanol–water partition coefficient (Wildman–Crippen LogP) is 2.38. The molecule has 1 aliphatic heterocycles. The second-order valence-electron chi connectivity index (χ2n) is 5.93. The van der Waals surface area contributed by atoms with Crippen molar-refractivity contribution < 1.29 is 9.18 Å². The fourth-order valence-corrected chi connectivity index (χ4v) is 2.39. The van der Waals surface area contributed by atoms with E-state index in [1.807, 2.05) is 0 Å². The highest BCUT2D eigenvalue weighted by molar-refractivity contribution is 5.94. The Hall–Kier alpha value is -1.42. The molecule has 1 saturated heterocycles. The minimum absolute atomic E-state index is 0.118. The number of halogens is 1. The average molecular weight is 264 g/mol. The molecule has 0 unspecified atom stereocenters. The first kappa shape index (κ1) is 14.0. The van der Waals surface area contributed by atoms with E-state index in [9.17, 15) is 9.18 Å². The average Bonchev–Trinajstić information content (AvgIpc) is 2.38. The molecule has 1 aliphatic rings. The van der Waals surface area contributed by atoms with Crippen molar-refractivity contribution in [2.75, 3.05) is 26.2 Å². The van der Waals surface area contributed by atoms with Crippen molar-refractivity contribution in [1.29, 1.82) is 0 Å². The normalized spacial score (nSPS) is 17.6. The van der Waals surface area contributed by atoms with Crippen molar-refractivity contribution in [3.8, 4) is 0 Å². The first-order chi connectivity index (χ1) is 8.89. The summed E-state index contributed by atoms with van der Waals surface area (Å²) in [6.07, 6.45) is 0. The smallest absolute Gasteiger partial charge is 0.256 e. The second-order valence-corrected chi connectivity index (χ2v) is 5.93. The largest absolute Gasteiger partial charge is 0.336 e. The fraction of sp³-hybridized carbons (Fsp3) is 0.533. The van der Waals surface area contributed by atoms with Crippen LogP contribution in [0.5, 0.6) is 0 Å². The minimum atomic E-state index is -0.439. The molecule has 1 heterocycles.